The van der Waals surface area contributed by atoms with E-state index in [0.29, 0.717) is 11.2 Å². The molecule has 0 saturated heterocycles. The molecule has 3 aromatic carbocycles. The van der Waals surface area contributed by atoms with Crippen LogP contribution in [0.3, 0.4) is 0 Å². The first-order valence-corrected chi connectivity index (χ1v) is 12.4. The van der Waals surface area contributed by atoms with Crippen LogP contribution in [-0.4, -0.2) is 24.1 Å². The molecule has 0 radical (unpaired) electrons. The maximum Gasteiger partial charge on any atom is 0.412 e. The molecule has 1 heterocycles. The van der Waals surface area contributed by atoms with Crippen LogP contribution in [0.25, 0.3) is 22.0 Å². The highest BCUT2D eigenvalue weighted by molar-refractivity contribution is 7.90. The van der Waals surface area contributed by atoms with Crippen molar-refractivity contribution < 1.29 is 17.9 Å². The van der Waals surface area contributed by atoms with Gasteiger partial charge in [0.25, 0.3) is 10.0 Å². The molecule has 4 aromatic rings. The molecule has 1 N–H and O–H groups in total. The molecule has 0 fully saturated rings. The summed E-state index contributed by atoms with van der Waals surface area (Å²) in [7, 11) is -3.74. The lowest BCUT2D eigenvalue weighted by molar-refractivity contribution is 0.0636. The summed E-state index contributed by atoms with van der Waals surface area (Å²) in [4.78, 5) is 12.5. The smallest absolute Gasteiger partial charge is 0.412 e. The summed E-state index contributed by atoms with van der Waals surface area (Å²) in [6, 6.07) is 20.0. The number of aryl methyl sites for hydroxylation is 2. The predicted molar refractivity (Wildman–Crippen MR) is 136 cm³/mol. The number of carbonyl (C=O) groups excluding carboxylic acids is 1. The van der Waals surface area contributed by atoms with Crippen molar-refractivity contribution >= 4 is 32.7 Å². The number of ether oxygens (including phenoxy) is 1. The molecule has 0 aliphatic carbocycles. The van der Waals surface area contributed by atoms with Crippen molar-refractivity contribution in [3.8, 4) is 11.1 Å². The summed E-state index contributed by atoms with van der Waals surface area (Å²) in [5, 5.41) is 3.60. The number of hydrogen-bond donors (Lipinski definition) is 1. The summed E-state index contributed by atoms with van der Waals surface area (Å²) in [6.07, 6.45) is 1.05. The van der Waals surface area contributed by atoms with Crippen molar-refractivity contribution in [3.63, 3.8) is 0 Å². The molecule has 0 bridgehead atoms. The Bertz CT molecular complexity index is 1480. The third kappa shape index (κ3) is 4.99. The van der Waals surface area contributed by atoms with Gasteiger partial charge in [0, 0.05) is 17.3 Å². The number of anilines is 1. The largest absolute Gasteiger partial charge is 0.444 e. The van der Waals surface area contributed by atoms with Gasteiger partial charge in [-0.2, -0.15) is 0 Å². The third-order valence-electron chi connectivity index (χ3n) is 5.29. The molecule has 4 rings (SSSR count). The van der Waals surface area contributed by atoms with Gasteiger partial charge in [0.2, 0.25) is 0 Å². The van der Waals surface area contributed by atoms with Crippen LogP contribution in [0.1, 0.15) is 31.9 Å². The molecular weight excluding hydrogens is 448 g/mol. The highest BCUT2D eigenvalue weighted by atomic mass is 32.2. The van der Waals surface area contributed by atoms with E-state index in [9.17, 15) is 13.2 Å². The van der Waals surface area contributed by atoms with Gasteiger partial charge in [0.1, 0.15) is 5.60 Å². The Morgan fingerprint density at radius 1 is 0.853 bits per heavy atom. The molecule has 0 aliphatic rings. The number of nitrogens with one attached hydrogen (secondary N) is 1. The highest BCUT2D eigenvalue weighted by Gasteiger charge is 2.20. The van der Waals surface area contributed by atoms with Gasteiger partial charge in [-0.15, -0.1) is 0 Å². The van der Waals surface area contributed by atoms with E-state index in [1.54, 1.807) is 36.5 Å². The van der Waals surface area contributed by atoms with E-state index in [1.165, 1.54) is 3.97 Å². The molecule has 0 saturated carbocycles. The zero-order valence-corrected chi connectivity index (χ0v) is 20.7. The number of hydrogen-bond acceptors (Lipinski definition) is 4. The fraction of sp³-hybridized carbons (Fsp3) is 0.222. The maximum absolute atomic E-state index is 13.3. The Labute approximate surface area is 200 Å². The average Bonchev–Trinajstić information content (AvgIpc) is 3.16. The van der Waals surface area contributed by atoms with E-state index >= 15 is 0 Å². The van der Waals surface area contributed by atoms with E-state index < -0.39 is 21.7 Å². The van der Waals surface area contributed by atoms with E-state index in [1.807, 2.05) is 71.0 Å². The minimum Gasteiger partial charge on any atom is -0.444 e. The standard InChI is InChI=1S/C27H28N2O4S/c1-18-6-10-24(11-7-18)34(31,32)29-13-12-20-8-9-21(17-25(20)29)22-14-19(2)15-23(16-22)28-26(30)33-27(3,4)5/h6-17H,1-5H3,(H,28,30). The Hall–Kier alpha value is -3.58. The number of nitrogens with zero attached hydrogens (tertiary/aromatic N) is 1. The van der Waals surface area contributed by atoms with Crippen LogP contribution in [0.5, 0.6) is 0 Å². The Kier molecular flexibility index (Phi) is 6.00. The topological polar surface area (TPSA) is 77.4 Å². The zero-order chi connectivity index (χ0) is 24.7. The molecule has 0 atom stereocenters. The molecular formula is C27H28N2O4S. The van der Waals surface area contributed by atoms with Crippen LogP contribution < -0.4 is 5.32 Å². The van der Waals surface area contributed by atoms with Crippen molar-refractivity contribution in [3.05, 3.63) is 84.1 Å². The molecule has 1 amide bonds. The van der Waals surface area contributed by atoms with Crippen molar-refractivity contribution in [2.45, 2.75) is 45.1 Å². The van der Waals surface area contributed by atoms with Crippen molar-refractivity contribution in [1.82, 2.24) is 3.97 Å². The lowest BCUT2D eigenvalue weighted by Gasteiger charge is -2.20. The summed E-state index contributed by atoms with van der Waals surface area (Å²) in [5.41, 5.74) is 4.22. The molecule has 0 aliphatic heterocycles. The molecule has 1 aromatic heterocycles. The van der Waals surface area contributed by atoms with Crippen LogP contribution in [0.4, 0.5) is 10.5 Å². The quantitative estimate of drug-likeness (QED) is 0.364. The summed E-state index contributed by atoms with van der Waals surface area (Å²) < 4.78 is 33.3. The molecule has 6 nitrogen and oxygen atoms in total. The first kappa shape index (κ1) is 23.6. The Morgan fingerprint density at radius 3 is 2.24 bits per heavy atom. The zero-order valence-electron chi connectivity index (χ0n) is 19.9. The molecule has 0 spiro atoms. The van der Waals surface area contributed by atoms with Crippen molar-refractivity contribution in [2.75, 3.05) is 5.32 Å². The molecule has 176 valence electrons. The van der Waals surface area contributed by atoms with Crippen LogP contribution in [-0.2, 0) is 14.8 Å². The fourth-order valence-corrected chi connectivity index (χ4v) is 5.11. The van der Waals surface area contributed by atoms with Gasteiger partial charge in [-0.25, -0.2) is 17.2 Å². The predicted octanol–water partition coefficient (Wildman–Crippen LogP) is 6.51. The minimum atomic E-state index is -3.74. The number of benzene rings is 3. The van der Waals surface area contributed by atoms with Crippen LogP contribution in [0.15, 0.2) is 77.8 Å². The van der Waals surface area contributed by atoms with Gasteiger partial charge in [0.15, 0.2) is 0 Å². The normalized spacial score (nSPS) is 12.0. The Balaban J connectivity index is 1.73. The monoisotopic (exact) mass is 476 g/mol. The van der Waals surface area contributed by atoms with E-state index in [-0.39, 0.29) is 4.90 Å². The van der Waals surface area contributed by atoms with E-state index in [0.717, 1.165) is 27.6 Å². The lowest BCUT2D eigenvalue weighted by Crippen LogP contribution is -2.27. The number of fused-ring (bicyclic) bond motifs is 1. The second-order valence-electron chi connectivity index (χ2n) is 9.42. The average molecular weight is 477 g/mol. The van der Waals surface area contributed by atoms with Crippen molar-refractivity contribution in [1.29, 1.82) is 0 Å². The lowest BCUT2D eigenvalue weighted by atomic mass is 10.0. The maximum atomic E-state index is 13.3. The third-order valence-corrected chi connectivity index (χ3v) is 7.00. The summed E-state index contributed by atoms with van der Waals surface area (Å²) in [5.74, 6) is 0. The summed E-state index contributed by atoms with van der Waals surface area (Å²) in [6.45, 7) is 9.28. The van der Waals surface area contributed by atoms with E-state index in [4.69, 9.17) is 4.74 Å². The van der Waals surface area contributed by atoms with Gasteiger partial charge in [-0.1, -0.05) is 35.9 Å². The van der Waals surface area contributed by atoms with Gasteiger partial charge in [-0.05, 0) is 87.7 Å². The first-order chi connectivity index (χ1) is 15.9. The van der Waals surface area contributed by atoms with Crippen molar-refractivity contribution in [2.24, 2.45) is 0 Å². The van der Waals surface area contributed by atoms with Gasteiger partial charge >= 0.3 is 6.09 Å². The number of rotatable bonds is 4. The van der Waals surface area contributed by atoms with Crippen LogP contribution in [0, 0.1) is 13.8 Å². The fourth-order valence-electron chi connectivity index (χ4n) is 3.76. The van der Waals surface area contributed by atoms with Gasteiger partial charge in [0.05, 0.1) is 10.4 Å². The highest BCUT2D eigenvalue weighted by Crippen LogP contribution is 2.30. The van der Waals surface area contributed by atoms with Gasteiger partial charge in [-0.3, -0.25) is 5.32 Å². The number of aromatic nitrogens is 1. The van der Waals surface area contributed by atoms with Crippen LogP contribution >= 0.6 is 0 Å². The van der Waals surface area contributed by atoms with Crippen LogP contribution in [0.2, 0.25) is 0 Å². The second-order valence-corrected chi connectivity index (χ2v) is 11.2. The van der Waals surface area contributed by atoms with E-state index in [2.05, 4.69) is 5.32 Å². The SMILES string of the molecule is Cc1ccc(S(=O)(=O)n2ccc3ccc(-c4cc(C)cc(NC(=O)OC(C)(C)C)c4)cc32)cc1. The molecule has 0 unspecified atom stereocenters. The summed E-state index contributed by atoms with van der Waals surface area (Å²) >= 11 is 0. The Morgan fingerprint density at radius 2 is 1.56 bits per heavy atom. The second kappa shape index (κ2) is 8.65. The minimum absolute atomic E-state index is 0.236. The molecule has 34 heavy (non-hydrogen) atoms. The number of carbonyl (C=O) groups is 1. The van der Waals surface area contributed by atoms with Gasteiger partial charge < -0.3 is 4.74 Å². The number of amides is 1. The molecule has 7 heteroatoms. The first-order valence-electron chi connectivity index (χ1n) is 11.0.